The summed E-state index contributed by atoms with van der Waals surface area (Å²) in [5.74, 6) is 1.52. The lowest BCUT2D eigenvalue weighted by atomic mass is 9.62. The lowest BCUT2D eigenvalue weighted by molar-refractivity contribution is -0.0490. The fraction of sp³-hybridized carbons (Fsp3) is 0.308. The minimum absolute atomic E-state index is 0.0179. The molecule has 7 nitrogen and oxygen atoms in total. The van der Waals surface area contributed by atoms with Crippen LogP contribution in [-0.4, -0.2) is 49.2 Å². The highest BCUT2D eigenvalue weighted by Crippen LogP contribution is 2.49. The number of aromatic nitrogens is 4. The molecule has 3 fully saturated rings. The fourth-order valence-corrected chi connectivity index (χ4v) is 5.41. The highest BCUT2D eigenvalue weighted by molar-refractivity contribution is 5.96. The molecule has 1 aliphatic carbocycles. The third-order valence-electron chi connectivity index (χ3n) is 7.11. The minimum Gasteiger partial charge on any atom is -0.368 e. The molecular formula is C26H26N6O. The zero-order valence-corrected chi connectivity index (χ0v) is 18.6. The zero-order valence-electron chi connectivity index (χ0n) is 18.6. The highest BCUT2D eigenvalue weighted by atomic mass is 16.2. The zero-order chi connectivity index (χ0) is 22.4. The topological polar surface area (TPSA) is 75.9 Å². The molecule has 2 bridgehead atoms. The van der Waals surface area contributed by atoms with Gasteiger partial charge in [0.05, 0.1) is 11.2 Å². The molecule has 3 aliphatic rings. The highest BCUT2D eigenvalue weighted by Gasteiger charge is 2.54. The predicted octanol–water partition coefficient (Wildman–Crippen LogP) is 4.23. The molecule has 0 unspecified atom stereocenters. The Kier molecular flexibility index (Phi) is 4.64. The molecule has 0 spiro atoms. The van der Waals surface area contributed by atoms with Crippen molar-refractivity contribution in [3.05, 3.63) is 78.5 Å². The van der Waals surface area contributed by atoms with Crippen LogP contribution < -0.4 is 5.32 Å². The summed E-state index contributed by atoms with van der Waals surface area (Å²) in [7, 11) is 0. The van der Waals surface area contributed by atoms with Gasteiger partial charge < -0.3 is 10.2 Å². The number of pyridine rings is 2. The van der Waals surface area contributed by atoms with Gasteiger partial charge in [-0.15, -0.1) is 0 Å². The number of hydrogen-bond acceptors (Lipinski definition) is 5. The average Bonchev–Trinajstić information content (AvgIpc) is 3.36. The van der Waals surface area contributed by atoms with E-state index in [1.807, 2.05) is 49.6 Å². The number of carbonyl (C=O) groups is 1. The average molecular weight is 439 g/mol. The first-order valence-corrected chi connectivity index (χ1v) is 11.5. The number of piperidine rings is 2. The summed E-state index contributed by atoms with van der Waals surface area (Å²) in [6.45, 7) is 3.36. The molecule has 166 valence electrons. The Morgan fingerprint density at radius 1 is 1.15 bits per heavy atom. The molecule has 5 heterocycles. The second kappa shape index (κ2) is 7.69. The fourth-order valence-electron chi connectivity index (χ4n) is 5.41. The van der Waals surface area contributed by atoms with Crippen molar-refractivity contribution in [2.24, 2.45) is 5.92 Å². The number of hydrogen-bond donors (Lipinski definition) is 1. The maximum Gasteiger partial charge on any atom is 0.275 e. The normalized spacial score (nSPS) is 21.6. The van der Waals surface area contributed by atoms with Gasteiger partial charge in [-0.1, -0.05) is 24.3 Å². The van der Waals surface area contributed by atoms with Crippen LogP contribution in [0.4, 0.5) is 5.82 Å². The predicted molar refractivity (Wildman–Crippen MR) is 127 cm³/mol. The van der Waals surface area contributed by atoms with Crippen LogP contribution in [-0.2, 0) is 0 Å². The van der Waals surface area contributed by atoms with Crippen LogP contribution in [0.25, 0.3) is 16.5 Å². The summed E-state index contributed by atoms with van der Waals surface area (Å²) in [4.78, 5) is 25.2. The van der Waals surface area contributed by atoms with Gasteiger partial charge >= 0.3 is 0 Å². The van der Waals surface area contributed by atoms with E-state index in [1.54, 1.807) is 10.9 Å². The van der Waals surface area contributed by atoms with E-state index in [9.17, 15) is 4.79 Å². The number of nitrogens with one attached hydrogen (secondary N) is 1. The number of anilines is 1. The Hall–Kier alpha value is -3.74. The van der Waals surface area contributed by atoms with Crippen LogP contribution in [0.15, 0.2) is 67.1 Å². The molecule has 0 atom stereocenters. The van der Waals surface area contributed by atoms with Crippen molar-refractivity contribution in [3.63, 3.8) is 0 Å². The number of aryl methyl sites for hydroxylation is 1. The van der Waals surface area contributed by atoms with Gasteiger partial charge in [0, 0.05) is 42.8 Å². The second-order valence-electron chi connectivity index (χ2n) is 9.29. The van der Waals surface area contributed by atoms with Crippen molar-refractivity contribution in [1.29, 1.82) is 0 Å². The van der Waals surface area contributed by atoms with Gasteiger partial charge in [-0.25, -0.2) is 14.6 Å². The van der Waals surface area contributed by atoms with E-state index < -0.39 is 0 Å². The molecule has 2 aliphatic heterocycles. The lowest BCUT2D eigenvalue weighted by Crippen LogP contribution is -2.67. The molecule has 3 aromatic heterocycles. The van der Waals surface area contributed by atoms with Crippen LogP contribution in [0.1, 0.15) is 35.4 Å². The number of nitrogens with zero attached hydrogens (tertiary/aromatic N) is 5. The SMILES string of the molecule is Cc1ccc(-n2cccn2)c(C(=O)N2CCC3CC2(CNc2cc4ccccc4cn2)C3)n1. The van der Waals surface area contributed by atoms with E-state index in [1.165, 1.54) is 0 Å². The van der Waals surface area contributed by atoms with E-state index in [0.717, 1.165) is 53.8 Å². The van der Waals surface area contributed by atoms with E-state index in [-0.39, 0.29) is 11.4 Å². The molecule has 0 radical (unpaired) electrons. The van der Waals surface area contributed by atoms with Crippen LogP contribution in [0.3, 0.4) is 0 Å². The molecule has 33 heavy (non-hydrogen) atoms. The first-order valence-electron chi connectivity index (χ1n) is 11.5. The minimum atomic E-state index is -0.208. The molecule has 4 aromatic rings. The maximum absolute atomic E-state index is 13.9. The monoisotopic (exact) mass is 438 g/mol. The number of amides is 1. The van der Waals surface area contributed by atoms with Gasteiger partial charge in [-0.05, 0) is 61.8 Å². The largest absolute Gasteiger partial charge is 0.368 e. The number of rotatable bonds is 5. The van der Waals surface area contributed by atoms with Crippen molar-refractivity contribution in [2.45, 2.75) is 31.7 Å². The molecule has 1 amide bonds. The van der Waals surface area contributed by atoms with Crippen LogP contribution in [0.2, 0.25) is 0 Å². The van der Waals surface area contributed by atoms with Gasteiger partial charge in [0.25, 0.3) is 5.91 Å². The molecular weight excluding hydrogens is 412 g/mol. The summed E-state index contributed by atoms with van der Waals surface area (Å²) in [6, 6.07) is 16.0. The lowest BCUT2D eigenvalue weighted by Gasteiger charge is -2.59. The molecule has 1 saturated carbocycles. The van der Waals surface area contributed by atoms with E-state index in [4.69, 9.17) is 0 Å². The van der Waals surface area contributed by atoms with Crippen molar-refractivity contribution >= 4 is 22.5 Å². The van der Waals surface area contributed by atoms with Crippen LogP contribution in [0.5, 0.6) is 0 Å². The third-order valence-corrected chi connectivity index (χ3v) is 7.11. The standard InChI is InChI=1S/C26H26N6O/c1-18-7-8-22(32-11-4-10-29-32)24(30-18)25(33)31-12-9-19-14-26(31,15-19)17-28-23-13-20-5-2-3-6-21(20)16-27-23/h2-8,10-11,13,16,19H,9,12,14-15,17H2,1H3,(H,27,28). The Labute approximate surface area is 192 Å². The van der Waals surface area contributed by atoms with Gasteiger partial charge in [-0.2, -0.15) is 5.10 Å². The van der Waals surface area contributed by atoms with Crippen LogP contribution in [0, 0.1) is 12.8 Å². The van der Waals surface area contributed by atoms with Gasteiger partial charge in [0.15, 0.2) is 5.69 Å². The van der Waals surface area contributed by atoms with Gasteiger partial charge in [-0.3, -0.25) is 4.79 Å². The number of benzene rings is 1. The Bertz CT molecular complexity index is 1330. The maximum atomic E-state index is 13.9. The molecule has 7 heteroatoms. The summed E-state index contributed by atoms with van der Waals surface area (Å²) < 4.78 is 1.72. The Balaban J connectivity index is 1.29. The first-order chi connectivity index (χ1) is 16.1. The smallest absolute Gasteiger partial charge is 0.275 e. The van der Waals surface area contributed by atoms with Crippen molar-refractivity contribution in [3.8, 4) is 5.69 Å². The summed E-state index contributed by atoms with van der Waals surface area (Å²) in [5.41, 5.74) is 1.80. The van der Waals surface area contributed by atoms with Crippen LogP contribution >= 0.6 is 0 Å². The second-order valence-corrected chi connectivity index (χ2v) is 9.29. The molecule has 1 N–H and O–H groups in total. The van der Waals surface area contributed by atoms with E-state index >= 15 is 0 Å². The molecule has 7 rings (SSSR count). The van der Waals surface area contributed by atoms with Gasteiger partial charge in [0.1, 0.15) is 5.82 Å². The number of carbonyl (C=O) groups excluding carboxylic acids is 1. The van der Waals surface area contributed by atoms with Crippen molar-refractivity contribution in [1.82, 2.24) is 24.6 Å². The Morgan fingerprint density at radius 2 is 2.00 bits per heavy atom. The van der Waals surface area contributed by atoms with E-state index in [0.29, 0.717) is 18.2 Å². The summed E-state index contributed by atoms with van der Waals surface area (Å²) in [6.07, 6.45) is 8.54. The third kappa shape index (κ3) is 3.44. The van der Waals surface area contributed by atoms with Gasteiger partial charge in [0.2, 0.25) is 0 Å². The molecule has 1 aromatic carbocycles. The summed E-state index contributed by atoms with van der Waals surface area (Å²) >= 11 is 0. The first kappa shape index (κ1) is 19.9. The van der Waals surface area contributed by atoms with Crippen molar-refractivity contribution < 1.29 is 4.79 Å². The Morgan fingerprint density at radius 3 is 2.82 bits per heavy atom. The molecule has 2 saturated heterocycles. The van der Waals surface area contributed by atoms with E-state index in [2.05, 4.69) is 43.5 Å². The van der Waals surface area contributed by atoms with Crippen molar-refractivity contribution in [2.75, 3.05) is 18.4 Å². The quantitative estimate of drug-likeness (QED) is 0.505. The number of fused-ring (bicyclic) bond motifs is 3. The summed E-state index contributed by atoms with van der Waals surface area (Å²) in [5, 5.41) is 10.1.